The first-order chi connectivity index (χ1) is 23.7. The molecule has 3 aromatic heterocycles. The predicted molar refractivity (Wildman–Crippen MR) is 195 cm³/mol. The second-order valence-electron chi connectivity index (χ2n) is 11.1. The van der Waals surface area contributed by atoms with Crippen molar-refractivity contribution in [2.75, 3.05) is 65.3 Å². The molecule has 0 saturated heterocycles. The summed E-state index contributed by atoms with van der Waals surface area (Å²) in [6.45, 7) is 1.93. The van der Waals surface area contributed by atoms with E-state index in [1.165, 1.54) is 30.5 Å². The maximum absolute atomic E-state index is 13.4. The van der Waals surface area contributed by atoms with Gasteiger partial charge < -0.3 is 24.4 Å². The minimum Gasteiger partial charge on any atom is -0.480 e. The van der Waals surface area contributed by atoms with Crippen molar-refractivity contribution in [3.8, 4) is 17.6 Å². The zero-order chi connectivity index (χ0) is 36.4. The number of hydrogen-bond acceptors (Lipinski definition) is 11. The van der Waals surface area contributed by atoms with Crippen LogP contribution in [0.2, 0.25) is 10.0 Å². The smallest absolute Gasteiger partial charge is 0.324 e. The van der Waals surface area contributed by atoms with Gasteiger partial charge in [0.1, 0.15) is 24.4 Å². The molecule has 0 atom stereocenters. The number of likely N-dealkylation sites (N-methyl/N-ethyl adjacent to an activating group) is 2. The van der Waals surface area contributed by atoms with Crippen molar-refractivity contribution >= 4 is 71.7 Å². The number of halogens is 3. The highest BCUT2D eigenvalue weighted by Crippen LogP contribution is 2.31. The fourth-order valence-electron chi connectivity index (χ4n) is 4.28. The number of carboxylic acid groups (broad SMARTS) is 1. The summed E-state index contributed by atoms with van der Waals surface area (Å²) >= 11 is 15.2. The zero-order valence-corrected chi connectivity index (χ0v) is 31.5. The van der Waals surface area contributed by atoms with Crippen molar-refractivity contribution in [3.63, 3.8) is 0 Å². The Hall–Kier alpha value is -4.06. The van der Waals surface area contributed by atoms with E-state index < -0.39 is 22.5 Å². The Morgan fingerprint density at radius 3 is 1.96 bits per heavy atom. The van der Waals surface area contributed by atoms with E-state index >= 15 is 0 Å². The zero-order valence-electron chi connectivity index (χ0n) is 27.6. The molecule has 266 valence electrons. The van der Waals surface area contributed by atoms with Gasteiger partial charge in [0.05, 0.1) is 40.9 Å². The highest BCUT2D eigenvalue weighted by atomic mass is 79.9. The molecular weight excluding hydrogens is 775 g/mol. The molecule has 5 rings (SSSR count). The van der Waals surface area contributed by atoms with Crippen LogP contribution in [0.15, 0.2) is 82.9 Å². The fourth-order valence-corrected chi connectivity index (χ4v) is 6.61. The normalized spacial score (nSPS) is 11.4. The molecular formula is C32H35BrCl2N8O6S. The third-order valence-corrected chi connectivity index (χ3v) is 9.30. The van der Waals surface area contributed by atoms with Gasteiger partial charge in [0.15, 0.2) is 5.82 Å². The van der Waals surface area contributed by atoms with Crippen LogP contribution in [0.25, 0.3) is 16.7 Å². The molecule has 0 amide bonds. The maximum Gasteiger partial charge on any atom is 0.324 e. The molecule has 0 saturated carbocycles. The van der Waals surface area contributed by atoms with Crippen molar-refractivity contribution < 1.29 is 27.8 Å². The van der Waals surface area contributed by atoms with E-state index in [-0.39, 0.29) is 20.6 Å². The van der Waals surface area contributed by atoms with E-state index in [9.17, 15) is 18.3 Å². The molecule has 1 N–H and O–H groups in total. The number of aromatic nitrogens is 5. The third kappa shape index (κ3) is 11.0. The predicted octanol–water partition coefficient (Wildman–Crippen LogP) is 5.13. The molecule has 0 radical (unpaired) electrons. The largest absolute Gasteiger partial charge is 0.480 e. The average molecular weight is 811 g/mol. The molecule has 0 spiro atoms. The van der Waals surface area contributed by atoms with Gasteiger partial charge in [-0.25, -0.2) is 28.4 Å². The summed E-state index contributed by atoms with van der Waals surface area (Å²) < 4.78 is 41.0. The molecule has 5 aromatic rings. The number of rotatable bonds is 14. The van der Waals surface area contributed by atoms with Crippen LogP contribution in [0.4, 0.5) is 5.69 Å². The van der Waals surface area contributed by atoms with E-state index in [0.717, 1.165) is 22.9 Å². The van der Waals surface area contributed by atoms with Gasteiger partial charge >= 0.3 is 5.97 Å². The standard InChI is InChI=1S/C24H23Cl2N5O5S.C8H12BrN3O/c1-29(2)7-8-36-23-14-27-22(13-28-23)30-6-5-16-9-19(3-4-21(16)30)31(15-24(32)33)37(34,35)20-11-17(25)10-18(26)12-20;1-12(2)3-4-13-8-6-10-7(9)5-11-8/h3-6,9-14H,7-8,15H2,1-2H3,(H,32,33);5-6H,3-4H2,1-2H3. The molecule has 0 aliphatic rings. The van der Waals surface area contributed by atoms with E-state index in [4.69, 9.17) is 32.7 Å². The van der Waals surface area contributed by atoms with Crippen molar-refractivity contribution in [2.45, 2.75) is 4.90 Å². The number of sulfonamides is 1. The van der Waals surface area contributed by atoms with Gasteiger partial charge in [0, 0.05) is 34.7 Å². The number of anilines is 1. The van der Waals surface area contributed by atoms with Crippen molar-refractivity contribution in [1.29, 1.82) is 0 Å². The van der Waals surface area contributed by atoms with Crippen LogP contribution in [-0.2, 0) is 14.8 Å². The minimum atomic E-state index is -4.29. The molecule has 50 heavy (non-hydrogen) atoms. The van der Waals surface area contributed by atoms with Gasteiger partial charge in [-0.05, 0) is 86.6 Å². The van der Waals surface area contributed by atoms with Gasteiger partial charge in [0.25, 0.3) is 10.0 Å². The van der Waals surface area contributed by atoms with E-state index in [1.807, 2.05) is 38.0 Å². The summed E-state index contributed by atoms with van der Waals surface area (Å²) in [5, 5.41) is 10.3. The average Bonchev–Trinajstić information content (AvgIpc) is 3.48. The number of carboxylic acids is 1. The first-order valence-corrected chi connectivity index (χ1v) is 17.9. The summed E-state index contributed by atoms with van der Waals surface area (Å²) in [5.41, 5.74) is 0.886. The SMILES string of the molecule is CN(C)CCOc1cnc(-n2ccc3cc(N(CC(=O)O)S(=O)(=O)c4cc(Cl)cc(Cl)c4)ccc32)cn1.CN(C)CCOc1cnc(Br)cn1. The maximum atomic E-state index is 13.4. The Morgan fingerprint density at radius 1 is 0.840 bits per heavy atom. The van der Waals surface area contributed by atoms with E-state index in [1.54, 1.807) is 47.6 Å². The Labute approximate surface area is 308 Å². The topological polar surface area (TPSA) is 156 Å². The molecule has 0 fully saturated rings. The Balaban J connectivity index is 0.000000363. The van der Waals surface area contributed by atoms with Crippen LogP contribution >= 0.6 is 39.1 Å². The lowest BCUT2D eigenvalue weighted by molar-refractivity contribution is -0.135. The van der Waals surface area contributed by atoms with Crippen LogP contribution in [0.5, 0.6) is 11.8 Å². The monoisotopic (exact) mass is 808 g/mol. The summed E-state index contributed by atoms with van der Waals surface area (Å²) in [7, 11) is 3.60. The van der Waals surface area contributed by atoms with Gasteiger partial charge in [-0.1, -0.05) is 23.2 Å². The van der Waals surface area contributed by atoms with Crippen molar-refractivity contribution in [1.82, 2.24) is 34.3 Å². The summed E-state index contributed by atoms with van der Waals surface area (Å²) in [6.07, 6.45) is 8.08. The number of aliphatic carboxylic acids is 1. The van der Waals surface area contributed by atoms with E-state index in [2.05, 4.69) is 35.9 Å². The lowest BCUT2D eigenvalue weighted by Gasteiger charge is -2.23. The second kappa shape index (κ2) is 17.7. The molecule has 0 unspecified atom stereocenters. The summed E-state index contributed by atoms with van der Waals surface area (Å²) in [4.78, 5) is 32.1. The molecule has 0 aliphatic heterocycles. The second-order valence-corrected chi connectivity index (χ2v) is 14.7. The number of nitrogens with zero attached hydrogens (tertiary/aromatic N) is 8. The first kappa shape index (κ1) is 38.7. The molecule has 2 aromatic carbocycles. The lowest BCUT2D eigenvalue weighted by atomic mass is 10.2. The van der Waals surface area contributed by atoms with Crippen LogP contribution < -0.4 is 13.8 Å². The van der Waals surface area contributed by atoms with Gasteiger partial charge in [0.2, 0.25) is 11.8 Å². The highest BCUT2D eigenvalue weighted by molar-refractivity contribution is 9.10. The van der Waals surface area contributed by atoms with Crippen molar-refractivity contribution in [3.05, 3.63) is 88.1 Å². The Bertz CT molecular complexity index is 1980. The summed E-state index contributed by atoms with van der Waals surface area (Å²) in [5.74, 6) is 0.175. The minimum absolute atomic E-state index is 0.115. The molecule has 18 heteroatoms. The number of fused-ring (bicyclic) bond motifs is 1. The van der Waals surface area contributed by atoms with Crippen molar-refractivity contribution in [2.24, 2.45) is 0 Å². The fraction of sp³-hybridized carbons (Fsp3) is 0.281. The van der Waals surface area contributed by atoms with E-state index in [0.29, 0.717) is 40.8 Å². The van der Waals surface area contributed by atoms with Gasteiger partial charge in [-0.15, -0.1) is 0 Å². The lowest BCUT2D eigenvalue weighted by Crippen LogP contribution is -2.35. The Morgan fingerprint density at radius 2 is 1.44 bits per heavy atom. The number of ether oxygens (including phenoxy) is 2. The molecule has 0 aliphatic carbocycles. The number of hydrogen-bond donors (Lipinski definition) is 1. The van der Waals surface area contributed by atoms with Gasteiger partial charge in [-0.2, -0.15) is 0 Å². The first-order valence-electron chi connectivity index (χ1n) is 14.9. The van der Waals surface area contributed by atoms with Crippen LogP contribution in [0.3, 0.4) is 0 Å². The van der Waals surface area contributed by atoms with Crippen LogP contribution in [-0.4, -0.2) is 115 Å². The number of carbonyl (C=O) groups is 1. The third-order valence-electron chi connectivity index (χ3n) is 6.70. The van der Waals surface area contributed by atoms with Crippen LogP contribution in [0, 0.1) is 0 Å². The summed E-state index contributed by atoms with van der Waals surface area (Å²) in [6, 6.07) is 10.4. The molecule has 3 heterocycles. The molecule has 14 nitrogen and oxygen atoms in total. The molecule has 0 bridgehead atoms. The highest BCUT2D eigenvalue weighted by Gasteiger charge is 2.28. The van der Waals surface area contributed by atoms with Crippen LogP contribution in [0.1, 0.15) is 0 Å². The number of benzene rings is 2. The quantitative estimate of drug-likeness (QED) is 0.158. The van der Waals surface area contributed by atoms with Gasteiger partial charge in [-0.3, -0.25) is 13.7 Å². The Kier molecular flexibility index (Phi) is 13.7.